The summed E-state index contributed by atoms with van der Waals surface area (Å²) in [4.78, 5) is 22.3. The van der Waals surface area contributed by atoms with Gasteiger partial charge in [0.1, 0.15) is 4.88 Å². The second-order valence-electron chi connectivity index (χ2n) is 5.51. The highest BCUT2D eigenvalue weighted by molar-refractivity contribution is 7.89. The predicted molar refractivity (Wildman–Crippen MR) is 79.0 cm³/mol. The van der Waals surface area contributed by atoms with Crippen molar-refractivity contribution in [3.05, 3.63) is 16.3 Å². The zero-order chi connectivity index (χ0) is 16.4. The van der Waals surface area contributed by atoms with Crippen molar-refractivity contribution in [3.8, 4) is 0 Å². The van der Waals surface area contributed by atoms with Gasteiger partial charge in [-0.2, -0.15) is 4.31 Å². The Hall–Kier alpha value is -1.45. The minimum atomic E-state index is -3.88. The molecule has 0 unspecified atom stereocenters. The van der Waals surface area contributed by atoms with Crippen LogP contribution in [-0.2, 0) is 14.8 Å². The first-order valence-corrected chi connectivity index (χ1v) is 8.34. The van der Waals surface area contributed by atoms with Crippen molar-refractivity contribution < 1.29 is 23.1 Å². The third kappa shape index (κ3) is 4.80. The Labute approximate surface area is 127 Å². The van der Waals surface area contributed by atoms with E-state index in [2.05, 4.69) is 5.32 Å². The molecule has 1 amide bonds. The van der Waals surface area contributed by atoms with Gasteiger partial charge < -0.3 is 10.4 Å². The largest absolute Gasteiger partial charge is 0.477 e. The molecule has 21 heavy (non-hydrogen) atoms. The van der Waals surface area contributed by atoms with Gasteiger partial charge in [0.2, 0.25) is 15.9 Å². The van der Waals surface area contributed by atoms with Crippen LogP contribution in [0.5, 0.6) is 0 Å². The van der Waals surface area contributed by atoms with Crippen molar-refractivity contribution in [1.29, 1.82) is 0 Å². The molecule has 1 rings (SSSR count). The van der Waals surface area contributed by atoms with Gasteiger partial charge in [0, 0.05) is 18.0 Å². The van der Waals surface area contributed by atoms with Gasteiger partial charge in [-0.1, -0.05) is 0 Å². The molecule has 9 heteroatoms. The number of carbonyl (C=O) groups excluding carboxylic acids is 1. The van der Waals surface area contributed by atoms with Crippen LogP contribution in [0.25, 0.3) is 0 Å². The Morgan fingerprint density at radius 1 is 1.38 bits per heavy atom. The van der Waals surface area contributed by atoms with E-state index < -0.39 is 27.4 Å². The molecular weight excluding hydrogens is 316 g/mol. The van der Waals surface area contributed by atoms with Crippen LogP contribution in [0.3, 0.4) is 0 Å². The molecule has 0 bridgehead atoms. The van der Waals surface area contributed by atoms with Crippen LogP contribution < -0.4 is 5.32 Å². The molecule has 0 saturated carbocycles. The summed E-state index contributed by atoms with van der Waals surface area (Å²) < 4.78 is 25.3. The molecule has 0 aliphatic heterocycles. The Bertz CT molecular complexity index is 643. The van der Waals surface area contributed by atoms with Crippen LogP contribution in [-0.4, -0.2) is 48.8 Å². The number of hydrogen-bond donors (Lipinski definition) is 2. The average Bonchev–Trinajstić information content (AvgIpc) is 2.75. The summed E-state index contributed by atoms with van der Waals surface area (Å²) >= 11 is 0.825. The summed E-state index contributed by atoms with van der Waals surface area (Å²) in [5.41, 5.74) is -0.458. The molecule has 0 spiro atoms. The van der Waals surface area contributed by atoms with Gasteiger partial charge in [-0.15, -0.1) is 11.3 Å². The highest BCUT2D eigenvalue weighted by Gasteiger charge is 2.26. The van der Waals surface area contributed by atoms with Gasteiger partial charge in [0.25, 0.3) is 0 Å². The summed E-state index contributed by atoms with van der Waals surface area (Å²) in [6, 6.07) is 1.08. The smallest absolute Gasteiger partial charge is 0.345 e. The van der Waals surface area contributed by atoms with Crippen molar-refractivity contribution >= 4 is 33.2 Å². The lowest BCUT2D eigenvalue weighted by molar-refractivity contribution is -0.122. The van der Waals surface area contributed by atoms with E-state index in [-0.39, 0.29) is 16.3 Å². The quantitative estimate of drug-likeness (QED) is 0.835. The molecule has 118 valence electrons. The van der Waals surface area contributed by atoms with Gasteiger partial charge in [0.05, 0.1) is 11.4 Å². The Morgan fingerprint density at radius 3 is 2.38 bits per heavy atom. The van der Waals surface area contributed by atoms with Crippen molar-refractivity contribution in [1.82, 2.24) is 9.62 Å². The number of thiophene rings is 1. The molecule has 1 heterocycles. The molecule has 0 atom stereocenters. The maximum Gasteiger partial charge on any atom is 0.345 e. The number of likely N-dealkylation sites (N-methyl/N-ethyl adjacent to an activating group) is 1. The van der Waals surface area contributed by atoms with E-state index in [1.54, 1.807) is 20.8 Å². The first kappa shape index (κ1) is 17.6. The molecule has 0 aliphatic rings. The maximum absolute atomic E-state index is 12.2. The van der Waals surface area contributed by atoms with Gasteiger partial charge in [-0.25, -0.2) is 13.2 Å². The molecule has 0 aliphatic carbocycles. The number of carbonyl (C=O) groups is 2. The van der Waals surface area contributed by atoms with Gasteiger partial charge in [0.15, 0.2) is 0 Å². The fraction of sp³-hybridized carbons (Fsp3) is 0.500. The highest BCUT2D eigenvalue weighted by atomic mass is 32.2. The minimum absolute atomic E-state index is 0.0684. The van der Waals surface area contributed by atoms with Crippen molar-refractivity contribution in [2.24, 2.45) is 0 Å². The van der Waals surface area contributed by atoms with Crippen LogP contribution in [0, 0.1) is 0 Å². The molecule has 0 aromatic carbocycles. The van der Waals surface area contributed by atoms with Crippen LogP contribution >= 0.6 is 11.3 Å². The third-order valence-corrected chi connectivity index (χ3v) is 5.22. The molecular formula is C12H18N2O5S2. The van der Waals surface area contributed by atoms with Crippen molar-refractivity contribution in [3.63, 3.8) is 0 Å². The van der Waals surface area contributed by atoms with Gasteiger partial charge >= 0.3 is 5.97 Å². The minimum Gasteiger partial charge on any atom is -0.477 e. The Kier molecular flexibility index (Phi) is 5.13. The SMILES string of the molecule is CN(CC(=O)NC(C)(C)C)S(=O)(=O)c1csc(C(=O)O)c1. The molecule has 0 fully saturated rings. The topological polar surface area (TPSA) is 104 Å². The normalized spacial score (nSPS) is 12.4. The molecule has 7 nitrogen and oxygen atoms in total. The predicted octanol–water partition coefficient (Wildman–Crippen LogP) is 0.981. The van der Waals surface area contributed by atoms with E-state index in [1.807, 2.05) is 0 Å². The van der Waals surface area contributed by atoms with E-state index in [9.17, 15) is 18.0 Å². The number of amides is 1. The van der Waals surface area contributed by atoms with Crippen LogP contribution in [0.15, 0.2) is 16.3 Å². The number of rotatable bonds is 5. The zero-order valence-electron chi connectivity index (χ0n) is 12.2. The summed E-state index contributed by atoms with van der Waals surface area (Å²) in [5.74, 6) is -1.61. The molecule has 1 aromatic rings. The van der Waals surface area contributed by atoms with Gasteiger partial charge in [-0.05, 0) is 26.8 Å². The number of hydrogen-bond acceptors (Lipinski definition) is 5. The fourth-order valence-electron chi connectivity index (χ4n) is 1.49. The number of nitrogens with one attached hydrogen (secondary N) is 1. The zero-order valence-corrected chi connectivity index (χ0v) is 13.8. The lowest BCUT2D eigenvalue weighted by Gasteiger charge is -2.23. The summed E-state index contributed by atoms with van der Waals surface area (Å²) in [6.45, 7) is 5.03. The van der Waals surface area contributed by atoms with Crippen molar-refractivity contribution in [2.75, 3.05) is 13.6 Å². The molecule has 2 N–H and O–H groups in total. The van der Waals surface area contributed by atoms with E-state index in [0.29, 0.717) is 0 Å². The average molecular weight is 334 g/mol. The van der Waals surface area contributed by atoms with E-state index in [4.69, 9.17) is 5.11 Å². The number of carboxylic acids is 1. The number of sulfonamides is 1. The lowest BCUT2D eigenvalue weighted by atomic mass is 10.1. The first-order chi connectivity index (χ1) is 9.43. The van der Waals surface area contributed by atoms with Crippen LogP contribution in [0.2, 0.25) is 0 Å². The van der Waals surface area contributed by atoms with E-state index >= 15 is 0 Å². The Balaban J connectivity index is 2.86. The maximum atomic E-state index is 12.2. The van der Waals surface area contributed by atoms with Crippen molar-refractivity contribution in [2.45, 2.75) is 31.2 Å². The molecule has 0 saturated heterocycles. The van der Waals surface area contributed by atoms with Gasteiger partial charge in [-0.3, -0.25) is 4.79 Å². The number of aromatic carboxylic acids is 1. The number of carboxylic acid groups (broad SMARTS) is 1. The first-order valence-electron chi connectivity index (χ1n) is 6.02. The Morgan fingerprint density at radius 2 is 1.95 bits per heavy atom. The number of nitrogens with zero attached hydrogens (tertiary/aromatic N) is 1. The van der Waals surface area contributed by atoms with Crippen LogP contribution in [0.4, 0.5) is 0 Å². The van der Waals surface area contributed by atoms with Crippen LogP contribution in [0.1, 0.15) is 30.4 Å². The third-order valence-electron chi connectivity index (χ3n) is 2.38. The van der Waals surface area contributed by atoms with E-state index in [1.165, 1.54) is 12.4 Å². The highest BCUT2D eigenvalue weighted by Crippen LogP contribution is 2.21. The fourth-order valence-corrected chi connectivity index (χ4v) is 3.72. The summed E-state index contributed by atoms with van der Waals surface area (Å²) in [7, 11) is -2.61. The summed E-state index contributed by atoms with van der Waals surface area (Å²) in [5, 5.41) is 12.7. The standard InChI is InChI=1S/C12H18N2O5S2/c1-12(2,3)13-10(15)6-14(4)21(18,19)8-5-9(11(16)17)20-7-8/h5,7H,6H2,1-4H3,(H,13,15)(H,16,17). The second-order valence-corrected chi connectivity index (χ2v) is 8.47. The second kappa shape index (κ2) is 6.12. The summed E-state index contributed by atoms with van der Waals surface area (Å²) in [6.07, 6.45) is 0. The lowest BCUT2D eigenvalue weighted by Crippen LogP contribution is -2.46. The molecule has 0 radical (unpaired) electrons. The monoisotopic (exact) mass is 334 g/mol. The van der Waals surface area contributed by atoms with E-state index in [0.717, 1.165) is 21.7 Å². The molecule has 1 aromatic heterocycles.